The quantitative estimate of drug-likeness (QED) is 0.333. The van der Waals surface area contributed by atoms with Crippen LogP contribution in [0.4, 0.5) is 5.69 Å². The van der Waals surface area contributed by atoms with Crippen LogP contribution in [0.15, 0.2) is 18.2 Å². The molecule has 0 fully saturated rings. The van der Waals surface area contributed by atoms with E-state index in [1.165, 1.54) is 6.07 Å². The minimum Gasteiger partial charge on any atom is -0.486 e. The van der Waals surface area contributed by atoms with Crippen LogP contribution in [0.3, 0.4) is 0 Å². The molecule has 0 radical (unpaired) electrons. The van der Waals surface area contributed by atoms with Gasteiger partial charge in [0.15, 0.2) is 5.75 Å². The van der Waals surface area contributed by atoms with Gasteiger partial charge in [-0.2, -0.15) is 11.8 Å². The Hall–Kier alpha value is -0.750. The average Bonchev–Trinajstić information content (AvgIpc) is 2.34. The fraction of sp³-hybridized carbons (Fsp3) is 0.455. The normalized spacial score (nSPS) is 10.2. The predicted octanol–water partition coefficient (Wildman–Crippen LogP) is 3.62. The maximum absolute atomic E-state index is 10.9. The lowest BCUT2D eigenvalue weighted by molar-refractivity contribution is -0.385. The molecular formula is C11H14BrNO3S. The van der Waals surface area contributed by atoms with E-state index in [1.807, 2.05) is 6.07 Å². The van der Waals surface area contributed by atoms with Crippen LogP contribution in [0.2, 0.25) is 0 Å². The van der Waals surface area contributed by atoms with Gasteiger partial charge in [-0.05, 0) is 17.4 Å². The molecular weight excluding hydrogens is 306 g/mol. The Morgan fingerprint density at radius 1 is 1.53 bits per heavy atom. The summed E-state index contributed by atoms with van der Waals surface area (Å²) in [7, 11) is 0. The molecule has 4 nitrogen and oxygen atoms in total. The van der Waals surface area contributed by atoms with Gasteiger partial charge in [0.1, 0.15) is 0 Å². The van der Waals surface area contributed by atoms with Crippen molar-refractivity contribution in [1.29, 1.82) is 0 Å². The van der Waals surface area contributed by atoms with Crippen LogP contribution in [0, 0.1) is 10.1 Å². The summed E-state index contributed by atoms with van der Waals surface area (Å²) in [5.41, 5.74) is 0.899. The van der Waals surface area contributed by atoms with Crippen molar-refractivity contribution >= 4 is 33.4 Å². The first-order chi connectivity index (χ1) is 8.19. The van der Waals surface area contributed by atoms with Gasteiger partial charge in [0, 0.05) is 17.1 Å². The van der Waals surface area contributed by atoms with Gasteiger partial charge in [-0.3, -0.25) is 10.1 Å². The number of hydrogen-bond acceptors (Lipinski definition) is 4. The van der Waals surface area contributed by atoms with Crippen LogP contribution in [0.5, 0.6) is 5.75 Å². The van der Waals surface area contributed by atoms with Gasteiger partial charge in [-0.25, -0.2) is 0 Å². The van der Waals surface area contributed by atoms with Crippen molar-refractivity contribution in [3.8, 4) is 5.75 Å². The summed E-state index contributed by atoms with van der Waals surface area (Å²) >= 11 is 5.02. The Morgan fingerprint density at radius 3 is 2.88 bits per heavy atom. The van der Waals surface area contributed by atoms with E-state index < -0.39 is 4.92 Å². The highest BCUT2D eigenvalue weighted by Crippen LogP contribution is 2.28. The number of thioether (sulfide) groups is 1. The second kappa shape index (κ2) is 7.55. The number of ether oxygens (including phenoxy) is 1. The molecule has 0 aliphatic carbocycles. The van der Waals surface area contributed by atoms with Gasteiger partial charge in [-0.1, -0.05) is 28.9 Å². The molecule has 1 aromatic carbocycles. The Kier molecular flexibility index (Phi) is 6.36. The number of nitro benzene ring substituents is 1. The highest BCUT2D eigenvalue weighted by Gasteiger charge is 2.15. The lowest BCUT2D eigenvalue weighted by Crippen LogP contribution is -2.03. The fourth-order valence-electron chi connectivity index (χ4n) is 1.27. The maximum atomic E-state index is 10.9. The molecule has 17 heavy (non-hydrogen) atoms. The molecule has 0 aliphatic rings. The van der Waals surface area contributed by atoms with E-state index in [0.29, 0.717) is 17.7 Å². The average molecular weight is 320 g/mol. The number of hydrogen-bond donors (Lipinski definition) is 0. The van der Waals surface area contributed by atoms with E-state index in [4.69, 9.17) is 4.74 Å². The van der Waals surface area contributed by atoms with E-state index in [2.05, 4.69) is 22.9 Å². The van der Waals surface area contributed by atoms with Crippen LogP contribution in [0.1, 0.15) is 12.5 Å². The molecule has 0 amide bonds. The summed E-state index contributed by atoms with van der Waals surface area (Å²) in [5, 5.41) is 11.5. The molecule has 0 heterocycles. The standard InChI is InChI=1S/C11H14BrNO3S/c1-2-17-6-5-16-11-4-3-9(8-12)7-10(11)13(14)15/h3-4,7H,2,5-6,8H2,1H3. The first-order valence-corrected chi connectivity index (χ1v) is 7.50. The second-order valence-corrected chi connectivity index (χ2v) is 5.19. The van der Waals surface area contributed by atoms with E-state index in [9.17, 15) is 10.1 Å². The van der Waals surface area contributed by atoms with Gasteiger partial charge in [-0.15, -0.1) is 0 Å². The van der Waals surface area contributed by atoms with Gasteiger partial charge >= 0.3 is 5.69 Å². The minimum absolute atomic E-state index is 0.0310. The molecule has 0 unspecified atom stereocenters. The smallest absolute Gasteiger partial charge is 0.311 e. The van der Waals surface area contributed by atoms with Crippen LogP contribution in [-0.4, -0.2) is 23.0 Å². The maximum Gasteiger partial charge on any atom is 0.311 e. The van der Waals surface area contributed by atoms with Crippen molar-refractivity contribution in [2.45, 2.75) is 12.3 Å². The zero-order valence-electron chi connectivity index (χ0n) is 9.52. The molecule has 0 spiro atoms. The second-order valence-electron chi connectivity index (χ2n) is 3.24. The van der Waals surface area contributed by atoms with E-state index in [0.717, 1.165) is 17.1 Å². The summed E-state index contributed by atoms with van der Waals surface area (Å²) in [4.78, 5) is 10.5. The molecule has 6 heteroatoms. The Bertz CT molecular complexity index is 387. The predicted molar refractivity (Wildman–Crippen MR) is 74.2 cm³/mol. The Labute approximate surface area is 113 Å². The minimum atomic E-state index is -0.408. The molecule has 94 valence electrons. The van der Waals surface area contributed by atoms with Crippen LogP contribution in [-0.2, 0) is 5.33 Å². The molecule has 1 aromatic rings. The molecule has 0 atom stereocenters. The van der Waals surface area contributed by atoms with E-state index in [-0.39, 0.29) is 5.69 Å². The molecule has 0 saturated heterocycles. The van der Waals surface area contributed by atoms with Crippen molar-refractivity contribution in [1.82, 2.24) is 0 Å². The number of halogens is 1. The van der Waals surface area contributed by atoms with Gasteiger partial charge in [0.2, 0.25) is 0 Å². The fourth-order valence-corrected chi connectivity index (χ4v) is 2.10. The first-order valence-electron chi connectivity index (χ1n) is 5.22. The number of rotatable bonds is 7. The van der Waals surface area contributed by atoms with E-state index in [1.54, 1.807) is 17.8 Å². The SMILES string of the molecule is CCSCCOc1ccc(CBr)cc1[N+](=O)[O-]. The van der Waals surface area contributed by atoms with Crippen molar-refractivity contribution in [2.75, 3.05) is 18.1 Å². The summed E-state index contributed by atoms with van der Waals surface area (Å²) < 4.78 is 5.42. The topological polar surface area (TPSA) is 52.4 Å². The number of nitrogens with zero attached hydrogens (tertiary/aromatic N) is 1. The summed E-state index contributed by atoms with van der Waals surface area (Å²) in [6.45, 7) is 2.56. The third kappa shape index (κ3) is 4.55. The Morgan fingerprint density at radius 2 is 2.29 bits per heavy atom. The van der Waals surface area contributed by atoms with Crippen LogP contribution < -0.4 is 4.74 Å². The molecule has 0 aliphatic heterocycles. The first kappa shape index (κ1) is 14.3. The highest BCUT2D eigenvalue weighted by atomic mass is 79.9. The number of nitro groups is 1. The summed E-state index contributed by atoms with van der Waals surface area (Å²) in [6, 6.07) is 5.02. The molecule has 0 bridgehead atoms. The number of alkyl halides is 1. The van der Waals surface area contributed by atoms with Gasteiger partial charge in [0.25, 0.3) is 0 Å². The largest absolute Gasteiger partial charge is 0.486 e. The lowest BCUT2D eigenvalue weighted by atomic mass is 10.2. The van der Waals surface area contributed by atoms with Crippen LogP contribution in [0.25, 0.3) is 0 Å². The molecule has 0 saturated carbocycles. The monoisotopic (exact) mass is 319 g/mol. The van der Waals surface area contributed by atoms with Crippen molar-refractivity contribution in [3.63, 3.8) is 0 Å². The van der Waals surface area contributed by atoms with Crippen molar-refractivity contribution in [2.24, 2.45) is 0 Å². The van der Waals surface area contributed by atoms with E-state index >= 15 is 0 Å². The summed E-state index contributed by atoms with van der Waals surface area (Å²) in [6.07, 6.45) is 0. The van der Waals surface area contributed by atoms with Crippen LogP contribution >= 0.6 is 27.7 Å². The van der Waals surface area contributed by atoms with Crippen molar-refractivity contribution < 1.29 is 9.66 Å². The molecule has 0 N–H and O–H groups in total. The summed E-state index contributed by atoms with van der Waals surface area (Å²) in [5.74, 6) is 2.21. The van der Waals surface area contributed by atoms with Crippen molar-refractivity contribution in [3.05, 3.63) is 33.9 Å². The zero-order chi connectivity index (χ0) is 12.7. The molecule has 0 aromatic heterocycles. The molecule has 1 rings (SSSR count). The van der Waals surface area contributed by atoms with Gasteiger partial charge in [0.05, 0.1) is 11.5 Å². The number of benzene rings is 1. The third-order valence-electron chi connectivity index (χ3n) is 2.06. The third-order valence-corrected chi connectivity index (χ3v) is 3.57. The highest BCUT2D eigenvalue weighted by molar-refractivity contribution is 9.08. The lowest BCUT2D eigenvalue weighted by Gasteiger charge is -2.07. The zero-order valence-corrected chi connectivity index (χ0v) is 11.9. The van der Waals surface area contributed by atoms with Gasteiger partial charge < -0.3 is 4.74 Å². The Balaban J connectivity index is 2.73.